The van der Waals surface area contributed by atoms with Crippen LogP contribution in [-0.2, 0) is 13.6 Å². The van der Waals surface area contributed by atoms with Gasteiger partial charge in [0.2, 0.25) is 0 Å². The van der Waals surface area contributed by atoms with Crippen LogP contribution in [0, 0.1) is 0 Å². The van der Waals surface area contributed by atoms with E-state index in [2.05, 4.69) is 37.5 Å². The van der Waals surface area contributed by atoms with Crippen LogP contribution < -0.4 is 0 Å². The largest absolute Gasteiger partial charge is 0.698 e. The van der Waals surface area contributed by atoms with E-state index in [1.165, 1.54) is 0 Å². The van der Waals surface area contributed by atoms with Crippen molar-refractivity contribution in [3.05, 3.63) is 0 Å². The Morgan fingerprint density at radius 1 is 0.553 bits per heavy atom. The van der Waals surface area contributed by atoms with Crippen LogP contribution in [0.1, 0.15) is 105 Å². The molecule has 0 aliphatic heterocycles. The van der Waals surface area contributed by atoms with Gasteiger partial charge in [-0.05, 0) is 51.4 Å². The number of rotatable bonds is 28. The lowest BCUT2D eigenvalue weighted by atomic mass is 9.92. The highest BCUT2D eigenvalue weighted by molar-refractivity contribution is 7.33. The molecule has 0 spiro atoms. The van der Waals surface area contributed by atoms with Crippen molar-refractivity contribution in [1.82, 2.24) is 9.80 Å². The third kappa shape index (κ3) is 16.1. The number of aliphatic hydroxyl groups excluding tert-OH is 4. The Hall–Kier alpha value is -0.220. The highest BCUT2D eigenvalue weighted by atomic mass is 31.1. The zero-order valence-electron chi connectivity index (χ0n) is 24.9. The van der Waals surface area contributed by atoms with Gasteiger partial charge < -0.3 is 30.2 Å². The van der Waals surface area contributed by atoms with Crippen LogP contribution in [0.4, 0.5) is 0 Å². The number of hydrogen-bond donors (Lipinski definition) is 4. The van der Waals surface area contributed by atoms with Crippen LogP contribution >= 0.6 is 8.25 Å². The summed E-state index contributed by atoms with van der Waals surface area (Å²) in [6.45, 7) is 12.7. The summed E-state index contributed by atoms with van der Waals surface area (Å²) in [6.07, 6.45) is 9.02. The molecule has 0 unspecified atom stereocenters. The van der Waals surface area contributed by atoms with Gasteiger partial charge in [-0.25, -0.2) is 0 Å². The lowest BCUT2D eigenvalue weighted by molar-refractivity contribution is -0.0358. The Morgan fingerprint density at radius 3 is 1.03 bits per heavy atom. The van der Waals surface area contributed by atoms with Gasteiger partial charge in [-0.15, -0.1) is 9.05 Å². The smallest absolute Gasteiger partial charge is 0.396 e. The molecule has 228 valence electrons. The van der Waals surface area contributed by atoms with Crippen molar-refractivity contribution < 1.29 is 34.0 Å². The highest BCUT2D eigenvalue weighted by Crippen LogP contribution is 2.43. The summed E-state index contributed by atoms with van der Waals surface area (Å²) in [4.78, 5) is 4.41. The van der Waals surface area contributed by atoms with Crippen LogP contribution in [0.2, 0.25) is 0 Å². The van der Waals surface area contributed by atoms with E-state index in [9.17, 15) is 25.0 Å². The summed E-state index contributed by atoms with van der Waals surface area (Å²) in [6, 6.07) is 0. The molecule has 0 aromatic carbocycles. The normalized spacial score (nSPS) is 12.7. The summed E-state index contributed by atoms with van der Waals surface area (Å²) in [5, 5.41) is 37.6. The maximum Gasteiger partial charge on any atom is 0.698 e. The van der Waals surface area contributed by atoms with Crippen molar-refractivity contribution in [3.8, 4) is 0 Å². The first kappa shape index (κ1) is 37.8. The van der Waals surface area contributed by atoms with Crippen molar-refractivity contribution in [3.63, 3.8) is 0 Å². The molecule has 38 heavy (non-hydrogen) atoms. The SMILES string of the molecule is CCCC(CCC)(CN(CCCO)CCCO)O[P+](=O)OC(CCC)(CCC)CN(CCCO)CCCO. The highest BCUT2D eigenvalue weighted by Gasteiger charge is 2.47. The molecule has 0 aromatic rings. The second-order valence-corrected chi connectivity index (χ2v) is 11.4. The van der Waals surface area contributed by atoms with E-state index in [-0.39, 0.29) is 26.4 Å². The second kappa shape index (κ2) is 23.5. The molecular formula is C28H60N2O7P+. The molecule has 4 N–H and O–H groups in total. The minimum atomic E-state index is -2.42. The first-order valence-electron chi connectivity index (χ1n) is 15.1. The third-order valence-electron chi connectivity index (χ3n) is 6.91. The molecule has 0 atom stereocenters. The topological polar surface area (TPSA) is 123 Å². The quantitative estimate of drug-likeness (QED) is 0.101. The van der Waals surface area contributed by atoms with Crippen molar-refractivity contribution in [1.29, 1.82) is 0 Å². The minimum absolute atomic E-state index is 0.0992. The van der Waals surface area contributed by atoms with E-state index >= 15 is 0 Å². The molecular weight excluding hydrogens is 507 g/mol. The van der Waals surface area contributed by atoms with E-state index in [4.69, 9.17) is 9.05 Å². The summed E-state index contributed by atoms with van der Waals surface area (Å²) in [5.41, 5.74) is -1.28. The monoisotopic (exact) mass is 567 g/mol. The fourth-order valence-electron chi connectivity index (χ4n) is 5.50. The summed E-state index contributed by atoms with van der Waals surface area (Å²) >= 11 is 0. The van der Waals surface area contributed by atoms with Crippen molar-refractivity contribution in [2.75, 3.05) is 65.7 Å². The Labute approximate surface area is 233 Å². The van der Waals surface area contributed by atoms with E-state index < -0.39 is 19.5 Å². The lowest BCUT2D eigenvalue weighted by Gasteiger charge is -2.36. The van der Waals surface area contributed by atoms with Crippen LogP contribution in [0.25, 0.3) is 0 Å². The predicted molar refractivity (Wildman–Crippen MR) is 155 cm³/mol. The van der Waals surface area contributed by atoms with Gasteiger partial charge in [0.15, 0.2) is 0 Å². The summed E-state index contributed by atoms with van der Waals surface area (Å²) < 4.78 is 26.5. The molecule has 10 heteroatoms. The van der Waals surface area contributed by atoms with Crippen LogP contribution in [-0.4, -0.2) is 107 Å². The van der Waals surface area contributed by atoms with E-state index in [0.29, 0.717) is 65.0 Å². The average molecular weight is 568 g/mol. The molecule has 0 amide bonds. The molecule has 0 radical (unpaired) electrons. The molecule has 0 aromatic heterocycles. The van der Waals surface area contributed by atoms with Crippen molar-refractivity contribution in [2.45, 2.75) is 116 Å². The van der Waals surface area contributed by atoms with Gasteiger partial charge in [0, 0.05) is 70.3 Å². The van der Waals surface area contributed by atoms with Gasteiger partial charge in [-0.3, -0.25) is 0 Å². The number of hydrogen-bond acceptors (Lipinski definition) is 9. The zero-order valence-corrected chi connectivity index (χ0v) is 25.8. The fourth-order valence-corrected chi connectivity index (χ4v) is 6.65. The molecule has 0 bridgehead atoms. The number of aliphatic hydroxyl groups is 4. The Kier molecular flexibility index (Phi) is 23.3. The minimum Gasteiger partial charge on any atom is -0.396 e. The van der Waals surface area contributed by atoms with Crippen LogP contribution in [0.15, 0.2) is 0 Å². The molecule has 0 fully saturated rings. The van der Waals surface area contributed by atoms with Gasteiger partial charge in [0.1, 0.15) is 11.2 Å². The lowest BCUT2D eigenvalue weighted by Crippen LogP contribution is -2.47. The second-order valence-electron chi connectivity index (χ2n) is 10.6. The fraction of sp³-hybridized carbons (Fsp3) is 1.00. The van der Waals surface area contributed by atoms with Gasteiger partial charge in [0.05, 0.1) is 0 Å². The van der Waals surface area contributed by atoms with Crippen LogP contribution in [0.5, 0.6) is 0 Å². The third-order valence-corrected chi connectivity index (χ3v) is 7.98. The summed E-state index contributed by atoms with van der Waals surface area (Å²) in [5.74, 6) is 0. The van der Waals surface area contributed by atoms with Gasteiger partial charge in [-0.1, -0.05) is 53.4 Å². The molecule has 0 saturated heterocycles. The Morgan fingerprint density at radius 2 is 0.816 bits per heavy atom. The maximum absolute atomic E-state index is 13.7. The first-order chi connectivity index (χ1) is 18.3. The molecule has 0 aliphatic rings. The van der Waals surface area contributed by atoms with Crippen molar-refractivity contribution >= 4 is 8.25 Å². The first-order valence-corrected chi connectivity index (χ1v) is 16.2. The standard InChI is InChI=1S/C28H60N2O7P/c1-5-13-27(14-6-2,25-29(17-9-21-31)18-10-22-32)36-38(35)37-28(15-7-3,16-8-4)26-30(19-11-23-33)20-12-24-34/h31-34H,5-26H2,1-4H3/q+1. The number of nitrogens with zero attached hydrogens (tertiary/aromatic N) is 2. The Bertz CT molecular complexity index is 497. The summed E-state index contributed by atoms with van der Waals surface area (Å²) in [7, 11) is -2.42. The average Bonchev–Trinajstić information content (AvgIpc) is 2.87. The van der Waals surface area contributed by atoms with Gasteiger partial charge in [0.25, 0.3) is 0 Å². The van der Waals surface area contributed by atoms with Crippen molar-refractivity contribution in [2.24, 2.45) is 0 Å². The predicted octanol–water partition coefficient (Wildman–Crippen LogP) is 4.49. The molecule has 0 aliphatic carbocycles. The molecule has 0 saturated carbocycles. The van der Waals surface area contributed by atoms with E-state index in [1.807, 2.05) is 0 Å². The maximum atomic E-state index is 13.7. The van der Waals surface area contributed by atoms with Crippen LogP contribution in [0.3, 0.4) is 0 Å². The zero-order chi connectivity index (χ0) is 28.7. The van der Waals surface area contributed by atoms with Gasteiger partial charge >= 0.3 is 8.25 Å². The Balaban J connectivity index is 5.94. The van der Waals surface area contributed by atoms with E-state index in [0.717, 1.165) is 51.4 Å². The van der Waals surface area contributed by atoms with Gasteiger partial charge in [-0.2, -0.15) is 0 Å². The molecule has 0 heterocycles. The molecule has 0 rings (SSSR count). The van der Waals surface area contributed by atoms with E-state index in [1.54, 1.807) is 0 Å². The molecule has 9 nitrogen and oxygen atoms in total.